The van der Waals surface area contributed by atoms with Crippen LogP contribution in [-0.2, 0) is 14.6 Å². The van der Waals surface area contributed by atoms with Crippen LogP contribution in [0.5, 0.6) is 0 Å². The second-order valence-corrected chi connectivity index (χ2v) is 10.3. The van der Waals surface area contributed by atoms with E-state index in [-0.39, 0.29) is 0 Å². The number of aromatic nitrogens is 1. The number of morpholine rings is 1. The average Bonchev–Trinajstić information content (AvgIpc) is 3.54. The molecule has 2 aliphatic rings. The van der Waals surface area contributed by atoms with Gasteiger partial charge in [-0.25, -0.2) is 8.42 Å². The van der Waals surface area contributed by atoms with E-state index < -0.39 is 9.84 Å². The van der Waals surface area contributed by atoms with Crippen molar-refractivity contribution in [1.29, 1.82) is 0 Å². The molecule has 2 fully saturated rings. The molecule has 0 bridgehead atoms. The van der Waals surface area contributed by atoms with Crippen LogP contribution < -0.4 is 4.90 Å². The van der Waals surface area contributed by atoms with Gasteiger partial charge in [-0.15, -0.1) is 0 Å². The zero-order valence-corrected chi connectivity index (χ0v) is 18.2. The molecule has 1 aliphatic carbocycles. The third-order valence-corrected chi connectivity index (χ3v) is 7.48. The summed E-state index contributed by atoms with van der Waals surface area (Å²) in [5, 5.41) is 0.930. The van der Waals surface area contributed by atoms with E-state index >= 15 is 0 Å². The van der Waals surface area contributed by atoms with Gasteiger partial charge in [-0.3, -0.25) is 4.98 Å². The molecule has 1 aromatic heterocycles. The minimum absolute atomic E-state index is 0.351. The Kier molecular flexibility index (Phi) is 4.79. The molecule has 3 aromatic rings. The Balaban J connectivity index is 1.64. The number of nitrogens with zero attached hydrogens (tertiary/aromatic N) is 2. The molecule has 0 amide bonds. The van der Waals surface area contributed by atoms with Crippen LogP contribution in [0.1, 0.15) is 35.1 Å². The maximum Gasteiger partial charge on any atom is 0.179 e. The maximum atomic E-state index is 12.7. The van der Waals surface area contributed by atoms with Crippen LogP contribution >= 0.6 is 0 Å². The topological polar surface area (TPSA) is 59.5 Å². The van der Waals surface area contributed by atoms with Crippen molar-refractivity contribution in [1.82, 2.24) is 4.98 Å². The minimum atomic E-state index is -3.42. The minimum Gasteiger partial charge on any atom is -0.378 e. The molecular formula is C24H26N2O3S. The fourth-order valence-electron chi connectivity index (χ4n) is 4.77. The van der Waals surface area contributed by atoms with E-state index in [1.54, 1.807) is 6.92 Å². The Morgan fingerprint density at radius 1 is 1.00 bits per heavy atom. The molecule has 0 radical (unpaired) electrons. The van der Waals surface area contributed by atoms with Gasteiger partial charge in [0.05, 0.1) is 30.1 Å². The van der Waals surface area contributed by atoms with Crippen molar-refractivity contribution >= 4 is 26.4 Å². The fourth-order valence-corrected chi connectivity index (χ4v) is 5.95. The quantitative estimate of drug-likeness (QED) is 0.635. The summed E-state index contributed by atoms with van der Waals surface area (Å²) in [5.74, 6) is 1.00. The molecule has 1 aliphatic heterocycles. The molecule has 30 heavy (non-hydrogen) atoms. The van der Waals surface area contributed by atoms with Gasteiger partial charge in [0.15, 0.2) is 9.84 Å². The Hall–Kier alpha value is -2.44. The number of pyridine rings is 1. The molecule has 0 N–H and O–H groups in total. The number of sulfone groups is 1. The highest BCUT2D eigenvalue weighted by molar-refractivity contribution is 7.91. The number of hydrogen-bond donors (Lipinski definition) is 0. The Morgan fingerprint density at radius 3 is 2.40 bits per heavy atom. The van der Waals surface area contributed by atoms with Crippen molar-refractivity contribution < 1.29 is 13.2 Å². The third-order valence-electron chi connectivity index (χ3n) is 6.25. The van der Waals surface area contributed by atoms with Crippen molar-refractivity contribution in [3.05, 3.63) is 65.4 Å². The Labute approximate surface area is 177 Å². The van der Waals surface area contributed by atoms with E-state index in [4.69, 9.17) is 4.74 Å². The first kappa shape index (κ1) is 19.5. The molecule has 2 unspecified atom stereocenters. The second kappa shape index (κ2) is 7.36. The molecule has 5 nitrogen and oxygen atoms in total. The smallest absolute Gasteiger partial charge is 0.179 e. The zero-order valence-electron chi connectivity index (χ0n) is 17.3. The van der Waals surface area contributed by atoms with Gasteiger partial charge >= 0.3 is 0 Å². The van der Waals surface area contributed by atoms with Gasteiger partial charge in [0.2, 0.25) is 0 Å². The first-order chi connectivity index (χ1) is 14.4. The lowest BCUT2D eigenvalue weighted by molar-refractivity contribution is 0.122. The summed E-state index contributed by atoms with van der Waals surface area (Å²) in [6, 6.07) is 17.0. The van der Waals surface area contributed by atoms with Crippen LogP contribution in [0.3, 0.4) is 0 Å². The van der Waals surface area contributed by atoms with E-state index in [1.165, 1.54) is 17.4 Å². The van der Waals surface area contributed by atoms with Crippen molar-refractivity contribution in [2.75, 3.05) is 37.5 Å². The number of aryl methyl sites for hydroxylation is 1. The Morgan fingerprint density at radius 2 is 1.70 bits per heavy atom. The fraction of sp³-hybridized carbons (Fsp3) is 0.375. The van der Waals surface area contributed by atoms with E-state index in [1.807, 2.05) is 12.1 Å². The molecule has 1 saturated carbocycles. The molecule has 5 rings (SSSR count). The SMILES string of the molecule is Cc1nc2ccc(C3CC3c3ccccc3)cc2c(N2CCOCC2)c1S(C)(=O)=O. The molecule has 2 atom stereocenters. The summed E-state index contributed by atoms with van der Waals surface area (Å²) in [6.07, 6.45) is 2.41. The highest BCUT2D eigenvalue weighted by Crippen LogP contribution is 2.55. The molecule has 2 heterocycles. The molecule has 0 spiro atoms. The highest BCUT2D eigenvalue weighted by atomic mass is 32.2. The Bertz CT molecular complexity index is 1200. The van der Waals surface area contributed by atoms with Gasteiger partial charge in [0.1, 0.15) is 4.90 Å². The number of rotatable bonds is 4. The van der Waals surface area contributed by atoms with Crippen LogP contribution in [0.4, 0.5) is 5.69 Å². The van der Waals surface area contributed by atoms with Gasteiger partial charge in [-0.2, -0.15) is 0 Å². The summed E-state index contributed by atoms with van der Waals surface area (Å²) in [5.41, 5.74) is 4.84. The summed E-state index contributed by atoms with van der Waals surface area (Å²) >= 11 is 0. The van der Waals surface area contributed by atoms with Gasteiger partial charge in [0, 0.05) is 24.7 Å². The van der Waals surface area contributed by atoms with E-state index in [2.05, 4.69) is 46.3 Å². The number of hydrogen-bond acceptors (Lipinski definition) is 5. The number of anilines is 1. The van der Waals surface area contributed by atoms with Crippen LogP contribution in [0.2, 0.25) is 0 Å². The number of ether oxygens (including phenoxy) is 1. The molecule has 6 heteroatoms. The lowest BCUT2D eigenvalue weighted by atomic mass is 10.0. The normalized spacial score (nSPS) is 21.7. The summed E-state index contributed by atoms with van der Waals surface area (Å²) in [4.78, 5) is 7.16. The number of benzene rings is 2. The third kappa shape index (κ3) is 3.48. The molecular weight excluding hydrogens is 396 g/mol. The predicted octanol–water partition coefficient (Wildman–Crippen LogP) is 4.05. The van der Waals surface area contributed by atoms with Crippen LogP contribution in [0, 0.1) is 6.92 Å². The largest absolute Gasteiger partial charge is 0.378 e. The first-order valence-corrected chi connectivity index (χ1v) is 12.3. The van der Waals surface area contributed by atoms with Crippen molar-refractivity contribution in [2.24, 2.45) is 0 Å². The summed E-state index contributed by atoms with van der Waals surface area (Å²) in [6.45, 7) is 4.36. The van der Waals surface area contributed by atoms with Crippen molar-refractivity contribution in [2.45, 2.75) is 30.1 Å². The van der Waals surface area contributed by atoms with Gasteiger partial charge < -0.3 is 9.64 Å². The summed E-state index contributed by atoms with van der Waals surface area (Å²) in [7, 11) is -3.42. The van der Waals surface area contributed by atoms with Gasteiger partial charge in [0.25, 0.3) is 0 Å². The average molecular weight is 423 g/mol. The van der Waals surface area contributed by atoms with Crippen molar-refractivity contribution in [3.63, 3.8) is 0 Å². The van der Waals surface area contributed by atoms with Crippen LogP contribution in [-0.4, -0.2) is 46.0 Å². The molecule has 156 valence electrons. The van der Waals surface area contributed by atoms with E-state index in [0.717, 1.165) is 23.0 Å². The van der Waals surface area contributed by atoms with Crippen LogP contribution in [0.25, 0.3) is 10.9 Å². The summed E-state index contributed by atoms with van der Waals surface area (Å²) < 4.78 is 31.0. The van der Waals surface area contributed by atoms with E-state index in [0.29, 0.717) is 48.7 Å². The molecule has 2 aromatic carbocycles. The standard InChI is InChI=1S/C24H26N2O3S/c1-16-24(30(2,27)28)23(26-10-12-29-13-11-26)21-14-18(8-9-22(21)25-16)20-15-19(20)17-6-4-3-5-7-17/h3-9,14,19-20H,10-13,15H2,1-2H3. The molecule has 1 saturated heterocycles. The lowest BCUT2D eigenvalue weighted by Gasteiger charge is -2.31. The lowest BCUT2D eigenvalue weighted by Crippen LogP contribution is -2.37. The highest BCUT2D eigenvalue weighted by Gasteiger charge is 2.39. The van der Waals surface area contributed by atoms with Gasteiger partial charge in [-0.1, -0.05) is 36.4 Å². The predicted molar refractivity (Wildman–Crippen MR) is 119 cm³/mol. The number of fused-ring (bicyclic) bond motifs is 1. The van der Waals surface area contributed by atoms with Gasteiger partial charge in [-0.05, 0) is 48.4 Å². The zero-order chi connectivity index (χ0) is 20.9. The van der Waals surface area contributed by atoms with Crippen molar-refractivity contribution in [3.8, 4) is 0 Å². The second-order valence-electron chi connectivity index (χ2n) is 8.38. The van der Waals surface area contributed by atoms with E-state index in [9.17, 15) is 8.42 Å². The monoisotopic (exact) mass is 422 g/mol. The first-order valence-electron chi connectivity index (χ1n) is 10.5. The van der Waals surface area contributed by atoms with Crippen LogP contribution in [0.15, 0.2) is 53.4 Å². The maximum absolute atomic E-state index is 12.7.